The van der Waals surface area contributed by atoms with Crippen LogP contribution in [0.1, 0.15) is 0 Å². The molecular formula is C3H3N5O2S2. The van der Waals surface area contributed by atoms with Gasteiger partial charge in [0.15, 0.2) is 5.75 Å². The van der Waals surface area contributed by atoms with Crippen molar-refractivity contribution in [3.8, 4) is 6.07 Å². The van der Waals surface area contributed by atoms with Crippen molar-refractivity contribution in [3.05, 3.63) is 0 Å². The molecule has 0 radical (unpaired) electrons. The SMILES string of the molecule is N#CCS(=O)(=O)Nc1nnns1. The monoisotopic (exact) mass is 205 g/mol. The van der Waals surface area contributed by atoms with Gasteiger partial charge in [-0.25, -0.2) is 8.42 Å². The van der Waals surface area contributed by atoms with E-state index in [4.69, 9.17) is 5.26 Å². The summed E-state index contributed by atoms with van der Waals surface area (Å²) in [5.41, 5.74) is 0. The number of sulfonamides is 1. The predicted octanol–water partition coefficient (Wildman–Crippen LogP) is -0.802. The lowest BCUT2D eigenvalue weighted by atomic mass is 10.9. The Bertz CT molecular complexity index is 375. The van der Waals surface area contributed by atoms with Gasteiger partial charge in [0.05, 0.1) is 6.07 Å². The first-order valence-corrected chi connectivity index (χ1v) is 5.09. The van der Waals surface area contributed by atoms with Crippen LogP contribution in [-0.4, -0.2) is 29.0 Å². The molecular weight excluding hydrogens is 202 g/mol. The summed E-state index contributed by atoms with van der Waals surface area (Å²) in [4.78, 5) is 0. The second-order valence-corrected chi connectivity index (χ2v) is 4.14. The highest BCUT2D eigenvalue weighted by molar-refractivity contribution is 7.93. The summed E-state index contributed by atoms with van der Waals surface area (Å²) in [6.07, 6.45) is 0. The summed E-state index contributed by atoms with van der Waals surface area (Å²) in [5, 5.41) is 14.7. The van der Waals surface area contributed by atoms with Gasteiger partial charge in [-0.15, -0.1) is 0 Å². The first kappa shape index (κ1) is 8.82. The van der Waals surface area contributed by atoms with Gasteiger partial charge < -0.3 is 0 Å². The second-order valence-electron chi connectivity index (χ2n) is 1.69. The van der Waals surface area contributed by atoms with Crippen LogP contribution in [-0.2, 0) is 10.0 Å². The number of nitriles is 1. The molecule has 0 aromatic carbocycles. The summed E-state index contributed by atoms with van der Waals surface area (Å²) in [6.45, 7) is 0. The Kier molecular flexibility index (Phi) is 2.51. The molecule has 1 heterocycles. The van der Waals surface area contributed by atoms with E-state index in [9.17, 15) is 8.42 Å². The van der Waals surface area contributed by atoms with Gasteiger partial charge in [0.25, 0.3) is 0 Å². The highest BCUT2D eigenvalue weighted by Crippen LogP contribution is 2.06. The molecule has 0 bridgehead atoms. The van der Waals surface area contributed by atoms with Crippen LogP contribution in [0.3, 0.4) is 0 Å². The van der Waals surface area contributed by atoms with E-state index >= 15 is 0 Å². The summed E-state index contributed by atoms with van der Waals surface area (Å²) in [7, 11) is -3.60. The molecule has 12 heavy (non-hydrogen) atoms. The number of hydrogen-bond acceptors (Lipinski definition) is 7. The summed E-state index contributed by atoms with van der Waals surface area (Å²) in [5.74, 6) is -0.605. The molecule has 0 aliphatic heterocycles. The van der Waals surface area contributed by atoms with E-state index in [0.29, 0.717) is 0 Å². The van der Waals surface area contributed by atoms with Crippen LogP contribution in [0.25, 0.3) is 0 Å². The highest BCUT2D eigenvalue weighted by atomic mass is 32.2. The molecule has 1 N–H and O–H groups in total. The van der Waals surface area contributed by atoms with Crippen molar-refractivity contribution in [1.29, 1.82) is 5.26 Å². The lowest BCUT2D eigenvalue weighted by Gasteiger charge is -1.96. The van der Waals surface area contributed by atoms with E-state index < -0.39 is 15.8 Å². The molecule has 1 aromatic rings. The highest BCUT2D eigenvalue weighted by Gasteiger charge is 2.11. The molecule has 9 heteroatoms. The van der Waals surface area contributed by atoms with Crippen molar-refractivity contribution < 1.29 is 8.42 Å². The number of nitrogens with zero attached hydrogens (tertiary/aromatic N) is 4. The Morgan fingerprint density at radius 1 is 1.67 bits per heavy atom. The van der Waals surface area contributed by atoms with Gasteiger partial charge in [0.2, 0.25) is 15.2 Å². The number of aromatic nitrogens is 3. The maximum Gasteiger partial charge on any atom is 0.248 e. The Morgan fingerprint density at radius 3 is 2.92 bits per heavy atom. The van der Waals surface area contributed by atoms with E-state index in [1.165, 1.54) is 6.07 Å². The number of anilines is 1. The zero-order chi connectivity index (χ0) is 9.03. The molecule has 0 amide bonds. The molecule has 1 rings (SSSR count). The predicted molar refractivity (Wildman–Crippen MR) is 40.7 cm³/mol. The van der Waals surface area contributed by atoms with E-state index in [-0.39, 0.29) is 5.13 Å². The minimum Gasteiger partial charge on any atom is -0.255 e. The van der Waals surface area contributed by atoms with Crippen LogP contribution < -0.4 is 4.72 Å². The van der Waals surface area contributed by atoms with Gasteiger partial charge in [-0.3, -0.25) is 4.72 Å². The maximum atomic E-state index is 10.9. The Morgan fingerprint density at radius 2 is 2.42 bits per heavy atom. The van der Waals surface area contributed by atoms with E-state index in [0.717, 1.165) is 11.5 Å². The molecule has 0 aliphatic carbocycles. The Balaban J connectivity index is 2.71. The molecule has 64 valence electrons. The minimum absolute atomic E-state index is 0.0604. The van der Waals surface area contributed by atoms with E-state index in [1.807, 2.05) is 4.72 Å². The van der Waals surface area contributed by atoms with Crippen LogP contribution in [0.2, 0.25) is 0 Å². The van der Waals surface area contributed by atoms with Crippen molar-refractivity contribution in [2.24, 2.45) is 0 Å². The van der Waals surface area contributed by atoms with Crippen LogP contribution in [0.5, 0.6) is 0 Å². The van der Waals surface area contributed by atoms with Crippen LogP contribution in [0, 0.1) is 11.3 Å². The quantitative estimate of drug-likeness (QED) is 0.691. The van der Waals surface area contributed by atoms with Gasteiger partial charge in [-0.05, 0) is 5.21 Å². The van der Waals surface area contributed by atoms with Gasteiger partial charge in [0.1, 0.15) is 0 Å². The van der Waals surface area contributed by atoms with Gasteiger partial charge in [-0.1, -0.05) is 9.59 Å². The third-order valence-corrected chi connectivity index (χ3v) is 2.45. The molecule has 0 saturated carbocycles. The largest absolute Gasteiger partial charge is 0.255 e. The van der Waals surface area contributed by atoms with Crippen LogP contribution in [0.4, 0.5) is 5.13 Å². The molecule has 0 spiro atoms. The molecule has 0 atom stereocenters. The maximum absolute atomic E-state index is 10.9. The number of rotatable bonds is 3. The molecule has 1 aromatic heterocycles. The lowest BCUT2D eigenvalue weighted by Crippen LogP contribution is -2.15. The molecule has 0 unspecified atom stereocenters. The zero-order valence-electron chi connectivity index (χ0n) is 5.63. The number of nitrogens with one attached hydrogen (secondary N) is 1. The second kappa shape index (κ2) is 3.42. The van der Waals surface area contributed by atoms with Gasteiger partial charge >= 0.3 is 0 Å². The van der Waals surface area contributed by atoms with E-state index in [1.54, 1.807) is 0 Å². The topological polar surface area (TPSA) is 109 Å². The Hall–Kier alpha value is -1.27. The average Bonchev–Trinajstić information content (AvgIpc) is 2.38. The Labute approximate surface area is 72.2 Å². The van der Waals surface area contributed by atoms with Crippen molar-refractivity contribution in [2.75, 3.05) is 10.5 Å². The van der Waals surface area contributed by atoms with Crippen molar-refractivity contribution >= 4 is 26.7 Å². The molecule has 0 fully saturated rings. The zero-order valence-corrected chi connectivity index (χ0v) is 7.26. The van der Waals surface area contributed by atoms with Crippen molar-refractivity contribution in [1.82, 2.24) is 14.8 Å². The normalized spacial score (nSPS) is 10.6. The first-order chi connectivity index (χ1) is 5.64. The van der Waals surface area contributed by atoms with Crippen LogP contribution in [0.15, 0.2) is 0 Å². The summed E-state index contributed by atoms with van der Waals surface area (Å²) in [6, 6.07) is 1.51. The van der Waals surface area contributed by atoms with Crippen molar-refractivity contribution in [2.45, 2.75) is 0 Å². The first-order valence-electron chi connectivity index (χ1n) is 2.66. The smallest absolute Gasteiger partial charge is 0.248 e. The van der Waals surface area contributed by atoms with Gasteiger partial charge in [-0.2, -0.15) is 5.26 Å². The third-order valence-electron chi connectivity index (χ3n) is 0.797. The number of hydrogen-bond donors (Lipinski definition) is 1. The fourth-order valence-electron chi connectivity index (χ4n) is 0.427. The summed E-state index contributed by atoms with van der Waals surface area (Å²) >= 11 is 0.804. The average molecular weight is 205 g/mol. The van der Waals surface area contributed by atoms with Crippen LogP contribution >= 0.6 is 11.5 Å². The van der Waals surface area contributed by atoms with E-state index in [2.05, 4.69) is 14.8 Å². The molecule has 7 nitrogen and oxygen atoms in total. The van der Waals surface area contributed by atoms with Crippen molar-refractivity contribution in [3.63, 3.8) is 0 Å². The fraction of sp³-hybridized carbons (Fsp3) is 0.333. The minimum atomic E-state index is -3.60. The summed E-state index contributed by atoms with van der Waals surface area (Å²) < 4.78 is 27.1. The fourth-order valence-corrected chi connectivity index (χ4v) is 1.73. The lowest BCUT2D eigenvalue weighted by molar-refractivity contribution is 0.604. The van der Waals surface area contributed by atoms with Gasteiger partial charge in [0, 0.05) is 11.5 Å². The standard InChI is InChI=1S/C3H3N5O2S2/c4-1-2-12(9,10)6-3-5-7-8-11-3/h2H2,(H,5,6,8). The molecule has 0 aliphatic rings. The third kappa shape index (κ3) is 2.40. The molecule has 0 saturated heterocycles.